The number of esters is 1. The van der Waals surface area contributed by atoms with Crippen LogP contribution in [0.1, 0.15) is 71.6 Å². The van der Waals surface area contributed by atoms with Gasteiger partial charge in [0.15, 0.2) is 11.5 Å². The molecule has 0 radical (unpaired) electrons. The Bertz CT molecular complexity index is 926. The van der Waals surface area contributed by atoms with E-state index in [0.717, 1.165) is 25.7 Å². The molecule has 162 valence electrons. The van der Waals surface area contributed by atoms with E-state index < -0.39 is 5.97 Å². The zero-order valence-electron chi connectivity index (χ0n) is 18.3. The highest BCUT2D eigenvalue weighted by Gasteiger charge is 2.24. The first-order chi connectivity index (χ1) is 14.3. The quantitative estimate of drug-likeness (QED) is 0.637. The van der Waals surface area contributed by atoms with Crippen molar-refractivity contribution < 1.29 is 23.8 Å². The minimum atomic E-state index is -0.438. The lowest BCUT2D eigenvalue weighted by Gasteiger charge is -2.17. The van der Waals surface area contributed by atoms with Gasteiger partial charge in [0.2, 0.25) is 0 Å². The Labute approximate surface area is 177 Å². The van der Waals surface area contributed by atoms with E-state index in [4.69, 9.17) is 14.2 Å². The molecule has 1 aromatic carbocycles. The second kappa shape index (κ2) is 9.24. The van der Waals surface area contributed by atoms with Gasteiger partial charge in [0.05, 0.1) is 24.9 Å². The molecule has 1 amide bonds. The van der Waals surface area contributed by atoms with E-state index in [0.29, 0.717) is 39.7 Å². The van der Waals surface area contributed by atoms with E-state index in [1.54, 1.807) is 53.0 Å². The van der Waals surface area contributed by atoms with Crippen LogP contribution in [0.4, 0.5) is 5.69 Å². The molecule has 1 heterocycles. The van der Waals surface area contributed by atoms with Crippen molar-refractivity contribution >= 4 is 17.6 Å². The van der Waals surface area contributed by atoms with Gasteiger partial charge in [-0.05, 0) is 71.1 Å². The fourth-order valence-corrected chi connectivity index (χ4v) is 3.78. The van der Waals surface area contributed by atoms with E-state index in [9.17, 15) is 9.59 Å². The van der Waals surface area contributed by atoms with Crippen LogP contribution in [0.3, 0.4) is 0 Å². The van der Waals surface area contributed by atoms with Gasteiger partial charge in [-0.25, -0.2) is 4.79 Å². The number of carbonyl (C=O) groups excluding carboxylic acids is 2. The molecule has 3 rings (SSSR count). The van der Waals surface area contributed by atoms with E-state index >= 15 is 0 Å². The number of H-pyrrole nitrogens is 1. The molecule has 7 nitrogen and oxygen atoms in total. The lowest BCUT2D eigenvalue weighted by molar-refractivity contribution is 0.0376. The van der Waals surface area contributed by atoms with Crippen molar-refractivity contribution in [2.75, 3.05) is 12.4 Å². The Hall–Kier alpha value is -2.96. The third-order valence-corrected chi connectivity index (χ3v) is 5.23. The molecule has 0 bridgehead atoms. The van der Waals surface area contributed by atoms with Crippen molar-refractivity contribution in [3.63, 3.8) is 0 Å². The minimum Gasteiger partial charge on any atom is -0.493 e. The lowest BCUT2D eigenvalue weighted by Crippen LogP contribution is -2.16. The summed E-state index contributed by atoms with van der Waals surface area (Å²) in [4.78, 5) is 28.3. The molecule has 0 saturated heterocycles. The van der Waals surface area contributed by atoms with Crippen LogP contribution < -0.4 is 14.8 Å². The molecule has 0 spiro atoms. The summed E-state index contributed by atoms with van der Waals surface area (Å²) in [5.41, 5.74) is 2.48. The molecule has 0 unspecified atom stereocenters. The molecule has 0 atom stereocenters. The Morgan fingerprint density at radius 2 is 1.83 bits per heavy atom. The standard InChI is InChI=1S/C23H30N2O5/c1-13(2)29-23(27)20-14(3)21(24-15(20)4)22(26)25-16-10-11-18(28-5)19(12-16)30-17-8-6-7-9-17/h10-13,17,24H,6-9H2,1-5H3,(H,25,26). The number of nitrogens with one attached hydrogen (secondary N) is 2. The maximum atomic E-state index is 12.9. The third-order valence-electron chi connectivity index (χ3n) is 5.23. The predicted molar refractivity (Wildman–Crippen MR) is 115 cm³/mol. The number of amides is 1. The highest BCUT2D eigenvalue weighted by atomic mass is 16.5. The van der Waals surface area contributed by atoms with Crippen molar-refractivity contribution in [3.05, 3.63) is 40.7 Å². The largest absolute Gasteiger partial charge is 0.493 e. The second-order valence-corrected chi connectivity index (χ2v) is 7.92. The van der Waals surface area contributed by atoms with Crippen molar-refractivity contribution in [3.8, 4) is 11.5 Å². The zero-order valence-corrected chi connectivity index (χ0v) is 18.3. The van der Waals surface area contributed by atoms with Crippen molar-refractivity contribution in [1.82, 2.24) is 4.98 Å². The first-order valence-corrected chi connectivity index (χ1v) is 10.4. The average Bonchev–Trinajstić information content (AvgIpc) is 3.29. The van der Waals surface area contributed by atoms with E-state index in [1.165, 1.54) is 0 Å². The maximum Gasteiger partial charge on any atom is 0.340 e. The van der Waals surface area contributed by atoms with Crippen molar-refractivity contribution in [1.29, 1.82) is 0 Å². The average molecular weight is 415 g/mol. The van der Waals surface area contributed by atoms with Gasteiger partial charge in [-0.1, -0.05) is 0 Å². The number of ether oxygens (including phenoxy) is 3. The van der Waals surface area contributed by atoms with Gasteiger partial charge in [0, 0.05) is 17.4 Å². The van der Waals surface area contributed by atoms with Gasteiger partial charge in [-0.2, -0.15) is 0 Å². The molecule has 2 N–H and O–H groups in total. The molecule has 1 saturated carbocycles. The second-order valence-electron chi connectivity index (χ2n) is 7.92. The van der Waals surface area contributed by atoms with Crippen LogP contribution in [-0.2, 0) is 4.74 Å². The van der Waals surface area contributed by atoms with Gasteiger partial charge >= 0.3 is 5.97 Å². The molecule has 0 aliphatic heterocycles. The van der Waals surface area contributed by atoms with Gasteiger partial charge in [0.1, 0.15) is 5.69 Å². The molecular weight excluding hydrogens is 384 g/mol. The molecular formula is C23H30N2O5. The first-order valence-electron chi connectivity index (χ1n) is 10.4. The van der Waals surface area contributed by atoms with Crippen LogP contribution in [0.15, 0.2) is 18.2 Å². The van der Waals surface area contributed by atoms with Crippen LogP contribution in [0.25, 0.3) is 0 Å². The summed E-state index contributed by atoms with van der Waals surface area (Å²) in [6.07, 6.45) is 4.31. The Morgan fingerprint density at radius 3 is 2.47 bits per heavy atom. The molecule has 7 heteroatoms. The highest BCUT2D eigenvalue weighted by molar-refractivity contribution is 6.07. The number of hydrogen-bond acceptors (Lipinski definition) is 5. The Balaban J connectivity index is 1.79. The van der Waals surface area contributed by atoms with Crippen LogP contribution in [0.2, 0.25) is 0 Å². The Morgan fingerprint density at radius 1 is 1.13 bits per heavy atom. The zero-order chi connectivity index (χ0) is 21.8. The van der Waals surface area contributed by atoms with E-state index in [1.807, 2.05) is 0 Å². The van der Waals surface area contributed by atoms with Crippen LogP contribution in [0, 0.1) is 13.8 Å². The minimum absolute atomic E-state index is 0.174. The summed E-state index contributed by atoms with van der Waals surface area (Å²) in [5.74, 6) is 0.469. The maximum absolute atomic E-state index is 12.9. The summed E-state index contributed by atoms with van der Waals surface area (Å²) in [7, 11) is 1.60. The fraction of sp³-hybridized carbons (Fsp3) is 0.478. The number of aromatic amines is 1. The molecule has 2 aromatic rings. The number of benzene rings is 1. The number of methoxy groups -OCH3 is 1. The number of hydrogen-bond donors (Lipinski definition) is 2. The molecule has 1 aliphatic carbocycles. The van der Waals surface area contributed by atoms with Gasteiger partial charge < -0.3 is 24.5 Å². The number of anilines is 1. The summed E-state index contributed by atoms with van der Waals surface area (Å²) in [6.45, 7) is 7.06. The van der Waals surface area contributed by atoms with Gasteiger partial charge in [-0.3, -0.25) is 4.79 Å². The molecule has 1 aromatic heterocycles. The SMILES string of the molecule is COc1ccc(NC(=O)c2[nH]c(C)c(C(=O)OC(C)C)c2C)cc1OC1CCCC1. The van der Waals surface area contributed by atoms with Gasteiger partial charge in [0.25, 0.3) is 5.91 Å². The smallest absolute Gasteiger partial charge is 0.340 e. The predicted octanol–water partition coefficient (Wildman–Crippen LogP) is 4.78. The monoisotopic (exact) mass is 414 g/mol. The van der Waals surface area contributed by atoms with Crippen LogP contribution >= 0.6 is 0 Å². The molecule has 1 aliphatic rings. The summed E-state index contributed by atoms with van der Waals surface area (Å²) < 4.78 is 16.8. The number of aryl methyl sites for hydroxylation is 1. The normalized spacial score (nSPS) is 14.1. The van der Waals surface area contributed by atoms with Crippen molar-refractivity contribution in [2.45, 2.75) is 65.6 Å². The van der Waals surface area contributed by atoms with E-state index in [2.05, 4.69) is 10.3 Å². The molecule has 30 heavy (non-hydrogen) atoms. The van der Waals surface area contributed by atoms with Gasteiger partial charge in [-0.15, -0.1) is 0 Å². The number of carbonyl (C=O) groups is 2. The fourth-order valence-electron chi connectivity index (χ4n) is 3.78. The van der Waals surface area contributed by atoms with Crippen LogP contribution in [0.5, 0.6) is 11.5 Å². The topological polar surface area (TPSA) is 89.7 Å². The number of rotatable bonds is 7. The third kappa shape index (κ3) is 4.78. The summed E-state index contributed by atoms with van der Waals surface area (Å²) in [5, 5.41) is 2.88. The number of aromatic nitrogens is 1. The van der Waals surface area contributed by atoms with E-state index in [-0.39, 0.29) is 18.1 Å². The van der Waals surface area contributed by atoms with Crippen LogP contribution in [-0.4, -0.2) is 36.2 Å². The first kappa shape index (κ1) is 21.7. The highest BCUT2D eigenvalue weighted by Crippen LogP contribution is 2.34. The lowest BCUT2D eigenvalue weighted by atomic mass is 10.1. The summed E-state index contributed by atoms with van der Waals surface area (Å²) in [6, 6.07) is 5.31. The summed E-state index contributed by atoms with van der Waals surface area (Å²) >= 11 is 0. The van der Waals surface area contributed by atoms with Crippen molar-refractivity contribution in [2.24, 2.45) is 0 Å². The Kier molecular flexibility index (Phi) is 6.70. The molecule has 1 fully saturated rings.